The molecule has 0 spiro atoms. The molecule has 0 bridgehead atoms. The van der Waals surface area contributed by atoms with Gasteiger partial charge in [0.25, 0.3) is 0 Å². The Hall–Kier alpha value is -2.79. The van der Waals surface area contributed by atoms with E-state index in [2.05, 4.69) is 4.98 Å². The molecule has 0 radical (unpaired) electrons. The number of hydrogen-bond acceptors (Lipinski definition) is 5. The average molecular weight is 414 g/mol. The van der Waals surface area contributed by atoms with E-state index >= 15 is 0 Å². The Balaban J connectivity index is 1.87. The van der Waals surface area contributed by atoms with Crippen LogP contribution < -0.4 is 4.74 Å². The molecule has 0 atom stereocenters. The number of nitrogens with zero attached hydrogens (tertiary/aromatic N) is 1. The Morgan fingerprint density at radius 2 is 1.97 bits per heavy atom. The van der Waals surface area contributed by atoms with Gasteiger partial charge in [0.1, 0.15) is 23.0 Å². The van der Waals surface area contributed by atoms with Crippen LogP contribution in [-0.4, -0.2) is 23.0 Å². The van der Waals surface area contributed by atoms with Crippen molar-refractivity contribution in [3.05, 3.63) is 64.0 Å². The van der Waals surface area contributed by atoms with Gasteiger partial charge in [0, 0.05) is 17.4 Å². The van der Waals surface area contributed by atoms with Crippen molar-refractivity contribution >= 4 is 17.4 Å². The number of ketones is 1. The van der Waals surface area contributed by atoms with Gasteiger partial charge in [-0.3, -0.25) is 4.79 Å². The van der Waals surface area contributed by atoms with Gasteiger partial charge in [-0.15, -0.1) is 0 Å². The highest BCUT2D eigenvalue weighted by molar-refractivity contribution is 6.30. The van der Waals surface area contributed by atoms with Gasteiger partial charge in [0.2, 0.25) is 5.89 Å². The maximum atomic E-state index is 12.7. The fraction of sp³-hybridized carbons (Fsp3) is 0.304. The van der Waals surface area contributed by atoms with Crippen LogP contribution in [0.25, 0.3) is 11.5 Å². The van der Waals surface area contributed by atoms with E-state index in [0.29, 0.717) is 33.7 Å². The molecule has 1 N–H and O–H groups in total. The first-order valence-corrected chi connectivity index (χ1v) is 9.80. The molecule has 0 unspecified atom stereocenters. The van der Waals surface area contributed by atoms with Gasteiger partial charge in [-0.25, -0.2) is 4.98 Å². The van der Waals surface area contributed by atoms with Crippen LogP contribution in [0.3, 0.4) is 0 Å². The number of Topliss-reactive ketones (excluding diaryl/α,β-unsaturated/α-hetero) is 1. The molecule has 5 nitrogen and oxygen atoms in total. The second-order valence-corrected chi connectivity index (χ2v) is 7.78. The monoisotopic (exact) mass is 413 g/mol. The van der Waals surface area contributed by atoms with Gasteiger partial charge in [0.15, 0.2) is 0 Å². The zero-order valence-electron chi connectivity index (χ0n) is 17.0. The third-order valence-electron chi connectivity index (χ3n) is 4.67. The van der Waals surface area contributed by atoms with Crippen LogP contribution in [0, 0.1) is 6.92 Å². The predicted molar refractivity (Wildman–Crippen MR) is 113 cm³/mol. The molecule has 29 heavy (non-hydrogen) atoms. The molecule has 0 saturated carbocycles. The predicted octanol–water partition coefficient (Wildman–Crippen LogP) is 5.50. The molecular weight excluding hydrogens is 390 g/mol. The third-order valence-corrected chi connectivity index (χ3v) is 4.91. The summed E-state index contributed by atoms with van der Waals surface area (Å²) in [5.74, 6) is 1.98. The van der Waals surface area contributed by atoms with E-state index in [1.54, 1.807) is 37.4 Å². The number of aromatic hydroxyl groups is 1. The minimum Gasteiger partial charge on any atom is -0.508 e. The number of phenolic OH excluding ortho intramolecular Hbond substituents is 1. The number of carbonyl (C=O) groups is 1. The van der Waals surface area contributed by atoms with Gasteiger partial charge in [-0.05, 0) is 42.3 Å². The van der Waals surface area contributed by atoms with Crippen LogP contribution in [0.5, 0.6) is 11.5 Å². The van der Waals surface area contributed by atoms with E-state index in [1.807, 2.05) is 26.8 Å². The molecule has 0 amide bonds. The maximum Gasteiger partial charge on any atom is 0.230 e. The summed E-state index contributed by atoms with van der Waals surface area (Å²) in [6.07, 6.45) is 0.442. The molecule has 0 saturated heterocycles. The maximum absolute atomic E-state index is 12.7. The lowest BCUT2D eigenvalue weighted by Gasteiger charge is -2.06. The van der Waals surface area contributed by atoms with Crippen molar-refractivity contribution in [2.24, 2.45) is 0 Å². The summed E-state index contributed by atoms with van der Waals surface area (Å²) in [6, 6.07) is 10.4. The highest BCUT2D eigenvalue weighted by Crippen LogP contribution is 2.35. The summed E-state index contributed by atoms with van der Waals surface area (Å²) < 4.78 is 11.4. The zero-order chi connectivity index (χ0) is 21.1. The third kappa shape index (κ3) is 4.80. The molecule has 152 valence electrons. The Morgan fingerprint density at radius 1 is 1.21 bits per heavy atom. The van der Waals surface area contributed by atoms with Crippen LogP contribution in [0.15, 0.2) is 40.8 Å². The molecule has 0 aliphatic carbocycles. The number of phenols is 1. The number of methoxy groups -OCH3 is 1. The fourth-order valence-corrected chi connectivity index (χ4v) is 3.36. The number of halogens is 1. The van der Waals surface area contributed by atoms with Gasteiger partial charge in [-0.1, -0.05) is 37.6 Å². The van der Waals surface area contributed by atoms with Gasteiger partial charge < -0.3 is 14.3 Å². The van der Waals surface area contributed by atoms with Crippen molar-refractivity contribution in [2.75, 3.05) is 7.11 Å². The molecule has 3 rings (SSSR count). The summed E-state index contributed by atoms with van der Waals surface area (Å²) in [4.78, 5) is 17.3. The van der Waals surface area contributed by atoms with E-state index in [9.17, 15) is 9.90 Å². The molecular formula is C23H24ClNO4. The summed E-state index contributed by atoms with van der Waals surface area (Å²) in [5, 5.41) is 10.2. The first-order chi connectivity index (χ1) is 13.8. The van der Waals surface area contributed by atoms with Crippen molar-refractivity contribution in [3.63, 3.8) is 0 Å². The van der Waals surface area contributed by atoms with Crippen molar-refractivity contribution < 1.29 is 19.1 Å². The second-order valence-electron chi connectivity index (χ2n) is 7.34. The lowest BCUT2D eigenvalue weighted by atomic mass is 10.0. The number of ether oxygens (including phenoxy) is 1. The smallest absolute Gasteiger partial charge is 0.230 e. The molecule has 1 heterocycles. The summed E-state index contributed by atoms with van der Waals surface area (Å²) in [6.45, 7) is 5.81. The standard InChI is InChI=1S/C23H24ClNO4/c1-13(2)22-19(12-17(26)10-15-5-8-20(27)14(3)9-15)25-23(29-22)18-7-6-16(24)11-21(18)28-4/h5-9,11,13,27H,10,12H2,1-4H3. The van der Waals surface area contributed by atoms with Crippen LogP contribution in [0.4, 0.5) is 0 Å². The molecule has 2 aromatic carbocycles. The molecule has 0 aliphatic heterocycles. The summed E-state index contributed by atoms with van der Waals surface area (Å²) in [7, 11) is 1.56. The van der Waals surface area contributed by atoms with E-state index in [-0.39, 0.29) is 30.3 Å². The average Bonchev–Trinajstić information content (AvgIpc) is 3.08. The SMILES string of the molecule is COc1cc(Cl)ccc1-c1nc(CC(=O)Cc2ccc(O)c(C)c2)c(C(C)C)o1. The molecule has 0 aliphatic rings. The van der Waals surface area contributed by atoms with E-state index in [1.165, 1.54) is 0 Å². The highest BCUT2D eigenvalue weighted by atomic mass is 35.5. The summed E-state index contributed by atoms with van der Waals surface area (Å²) in [5.41, 5.74) is 2.93. The minimum atomic E-state index is 0.0277. The molecule has 3 aromatic rings. The van der Waals surface area contributed by atoms with Gasteiger partial charge in [-0.2, -0.15) is 0 Å². The van der Waals surface area contributed by atoms with E-state index in [4.69, 9.17) is 20.8 Å². The number of oxazole rings is 1. The number of hydrogen-bond donors (Lipinski definition) is 1. The fourth-order valence-electron chi connectivity index (χ4n) is 3.20. The Labute approximate surface area is 175 Å². The minimum absolute atomic E-state index is 0.0277. The van der Waals surface area contributed by atoms with Crippen molar-refractivity contribution in [2.45, 2.75) is 39.5 Å². The van der Waals surface area contributed by atoms with Gasteiger partial charge in [0.05, 0.1) is 24.8 Å². The topological polar surface area (TPSA) is 72.6 Å². The summed E-state index contributed by atoms with van der Waals surface area (Å²) >= 11 is 6.05. The number of rotatable bonds is 7. The van der Waals surface area contributed by atoms with Crippen molar-refractivity contribution in [3.8, 4) is 23.0 Å². The zero-order valence-corrected chi connectivity index (χ0v) is 17.7. The second kappa shape index (κ2) is 8.70. The van der Waals surface area contributed by atoms with Crippen molar-refractivity contribution in [1.82, 2.24) is 4.98 Å². The number of aryl methyl sites for hydroxylation is 1. The normalized spacial score (nSPS) is 11.1. The first-order valence-electron chi connectivity index (χ1n) is 9.42. The van der Waals surface area contributed by atoms with Crippen molar-refractivity contribution in [1.29, 1.82) is 0 Å². The molecule has 6 heteroatoms. The number of benzene rings is 2. The Kier molecular flexibility index (Phi) is 6.28. The van der Waals surface area contributed by atoms with Crippen LogP contribution in [-0.2, 0) is 17.6 Å². The largest absolute Gasteiger partial charge is 0.508 e. The Bertz CT molecular complexity index is 1040. The van der Waals surface area contributed by atoms with E-state index in [0.717, 1.165) is 11.1 Å². The quantitative estimate of drug-likeness (QED) is 0.554. The molecule has 1 aromatic heterocycles. The van der Waals surface area contributed by atoms with E-state index < -0.39 is 0 Å². The van der Waals surface area contributed by atoms with Gasteiger partial charge >= 0.3 is 0 Å². The van der Waals surface area contributed by atoms with Crippen LogP contribution in [0.2, 0.25) is 5.02 Å². The Morgan fingerprint density at radius 3 is 2.62 bits per heavy atom. The lowest BCUT2D eigenvalue weighted by molar-refractivity contribution is -0.117. The number of aromatic nitrogens is 1. The van der Waals surface area contributed by atoms with Crippen LogP contribution in [0.1, 0.15) is 42.3 Å². The first kappa shape index (κ1) is 20.9. The molecule has 0 fully saturated rings. The van der Waals surface area contributed by atoms with Crippen LogP contribution >= 0.6 is 11.6 Å². The highest BCUT2D eigenvalue weighted by Gasteiger charge is 2.21. The number of carbonyl (C=O) groups excluding carboxylic acids is 1. The lowest BCUT2D eigenvalue weighted by Crippen LogP contribution is -2.09.